The summed E-state index contributed by atoms with van der Waals surface area (Å²) in [6.45, 7) is 3.19. The van der Waals surface area contributed by atoms with Gasteiger partial charge in [-0.2, -0.15) is 0 Å². The molecule has 1 atom stereocenters. The molecule has 1 aromatic rings. The van der Waals surface area contributed by atoms with E-state index in [0.717, 1.165) is 6.42 Å². The standard InChI is InChI=1S/C14H19NO3/c1-2-11-3-5-13(6-4-11)18-10-14(17)15-8-7-12(16)9-15/h3-6,12,16H,2,7-10H2,1H3/t12-/m1/s1. The van der Waals surface area contributed by atoms with Crippen LogP contribution in [0.15, 0.2) is 24.3 Å². The lowest BCUT2D eigenvalue weighted by Crippen LogP contribution is -2.33. The van der Waals surface area contributed by atoms with Crippen molar-refractivity contribution in [2.24, 2.45) is 0 Å². The van der Waals surface area contributed by atoms with E-state index in [0.29, 0.717) is 25.3 Å². The summed E-state index contributed by atoms with van der Waals surface area (Å²) in [5.74, 6) is 0.645. The maximum absolute atomic E-state index is 11.8. The fraction of sp³-hybridized carbons (Fsp3) is 0.500. The molecular formula is C14H19NO3. The largest absolute Gasteiger partial charge is 0.484 e. The van der Waals surface area contributed by atoms with Crippen LogP contribution in [0.25, 0.3) is 0 Å². The molecule has 0 saturated carbocycles. The van der Waals surface area contributed by atoms with Crippen LogP contribution in [0.5, 0.6) is 5.75 Å². The normalized spacial score (nSPS) is 19.0. The number of benzene rings is 1. The number of nitrogens with zero attached hydrogens (tertiary/aromatic N) is 1. The Labute approximate surface area is 107 Å². The van der Waals surface area contributed by atoms with Crippen molar-refractivity contribution in [2.75, 3.05) is 19.7 Å². The van der Waals surface area contributed by atoms with Gasteiger partial charge in [0, 0.05) is 13.1 Å². The van der Waals surface area contributed by atoms with E-state index in [1.807, 2.05) is 24.3 Å². The van der Waals surface area contributed by atoms with Crippen LogP contribution < -0.4 is 4.74 Å². The summed E-state index contributed by atoms with van der Waals surface area (Å²) in [5.41, 5.74) is 1.25. The van der Waals surface area contributed by atoms with Gasteiger partial charge in [-0.1, -0.05) is 19.1 Å². The second-order valence-corrected chi connectivity index (χ2v) is 4.57. The number of aryl methyl sites for hydroxylation is 1. The third kappa shape index (κ3) is 3.23. The van der Waals surface area contributed by atoms with Crippen LogP contribution >= 0.6 is 0 Å². The molecule has 0 spiro atoms. The van der Waals surface area contributed by atoms with E-state index in [4.69, 9.17) is 4.74 Å². The first-order valence-corrected chi connectivity index (χ1v) is 6.36. The van der Waals surface area contributed by atoms with Crippen molar-refractivity contribution in [3.05, 3.63) is 29.8 Å². The maximum atomic E-state index is 11.8. The molecule has 1 amide bonds. The number of ether oxygens (including phenoxy) is 1. The summed E-state index contributed by atoms with van der Waals surface area (Å²) < 4.78 is 5.44. The molecule has 4 heteroatoms. The summed E-state index contributed by atoms with van der Waals surface area (Å²) in [6.07, 6.45) is 1.28. The minimum absolute atomic E-state index is 0.0399. The zero-order valence-corrected chi connectivity index (χ0v) is 10.6. The molecule has 1 N–H and O–H groups in total. The lowest BCUT2D eigenvalue weighted by Gasteiger charge is -2.15. The fourth-order valence-electron chi connectivity index (χ4n) is 2.03. The number of rotatable bonds is 4. The Hall–Kier alpha value is -1.55. The lowest BCUT2D eigenvalue weighted by molar-refractivity contribution is -0.132. The van der Waals surface area contributed by atoms with Crippen molar-refractivity contribution in [3.63, 3.8) is 0 Å². The Morgan fingerprint density at radius 1 is 1.44 bits per heavy atom. The number of likely N-dealkylation sites (tertiary alicyclic amines) is 1. The van der Waals surface area contributed by atoms with Crippen LogP contribution in [-0.4, -0.2) is 41.7 Å². The molecule has 18 heavy (non-hydrogen) atoms. The first-order chi connectivity index (χ1) is 8.69. The Bertz CT molecular complexity index is 402. The highest BCUT2D eigenvalue weighted by molar-refractivity contribution is 5.78. The summed E-state index contributed by atoms with van der Waals surface area (Å²) >= 11 is 0. The molecule has 0 aromatic heterocycles. The summed E-state index contributed by atoms with van der Waals surface area (Å²) in [7, 11) is 0. The van der Waals surface area contributed by atoms with Crippen LogP contribution in [0, 0.1) is 0 Å². The van der Waals surface area contributed by atoms with Crippen LogP contribution in [0.3, 0.4) is 0 Å². The number of carbonyl (C=O) groups is 1. The average Bonchev–Trinajstić information content (AvgIpc) is 2.83. The predicted molar refractivity (Wildman–Crippen MR) is 68.5 cm³/mol. The third-order valence-corrected chi connectivity index (χ3v) is 3.21. The van der Waals surface area contributed by atoms with Gasteiger partial charge in [-0.15, -0.1) is 0 Å². The quantitative estimate of drug-likeness (QED) is 0.873. The molecule has 1 heterocycles. The minimum atomic E-state index is -0.377. The van der Waals surface area contributed by atoms with Crippen molar-refractivity contribution in [3.8, 4) is 5.75 Å². The van der Waals surface area contributed by atoms with E-state index in [9.17, 15) is 9.90 Å². The van der Waals surface area contributed by atoms with Gasteiger partial charge in [0.2, 0.25) is 0 Å². The predicted octanol–water partition coefficient (Wildman–Crippen LogP) is 1.22. The van der Waals surface area contributed by atoms with Gasteiger partial charge < -0.3 is 14.7 Å². The van der Waals surface area contributed by atoms with Gasteiger partial charge in [-0.25, -0.2) is 0 Å². The van der Waals surface area contributed by atoms with E-state index in [-0.39, 0.29) is 18.6 Å². The van der Waals surface area contributed by atoms with E-state index in [1.54, 1.807) is 4.90 Å². The molecule has 0 bridgehead atoms. The van der Waals surface area contributed by atoms with Crippen molar-refractivity contribution >= 4 is 5.91 Å². The summed E-state index contributed by atoms with van der Waals surface area (Å²) in [4.78, 5) is 13.4. The van der Waals surface area contributed by atoms with E-state index in [1.165, 1.54) is 5.56 Å². The SMILES string of the molecule is CCc1ccc(OCC(=O)N2CC[C@@H](O)C2)cc1. The van der Waals surface area contributed by atoms with E-state index in [2.05, 4.69) is 6.92 Å². The van der Waals surface area contributed by atoms with Crippen LogP contribution in [-0.2, 0) is 11.2 Å². The molecular weight excluding hydrogens is 230 g/mol. The third-order valence-electron chi connectivity index (χ3n) is 3.21. The molecule has 0 aliphatic carbocycles. The highest BCUT2D eigenvalue weighted by Crippen LogP contribution is 2.13. The van der Waals surface area contributed by atoms with Crippen molar-refractivity contribution < 1.29 is 14.6 Å². The van der Waals surface area contributed by atoms with Gasteiger partial charge in [0.15, 0.2) is 6.61 Å². The van der Waals surface area contributed by atoms with Gasteiger partial charge in [-0.3, -0.25) is 4.79 Å². The first-order valence-electron chi connectivity index (χ1n) is 6.36. The molecule has 1 aliphatic rings. The molecule has 98 valence electrons. The lowest BCUT2D eigenvalue weighted by atomic mass is 10.2. The van der Waals surface area contributed by atoms with E-state index >= 15 is 0 Å². The van der Waals surface area contributed by atoms with Gasteiger partial charge in [-0.05, 0) is 30.5 Å². The summed E-state index contributed by atoms with van der Waals surface area (Å²) in [5, 5.41) is 9.36. The van der Waals surface area contributed by atoms with Gasteiger partial charge in [0.1, 0.15) is 5.75 Å². The second-order valence-electron chi connectivity index (χ2n) is 4.57. The number of aliphatic hydroxyl groups excluding tert-OH is 1. The number of carbonyl (C=O) groups excluding carboxylic acids is 1. The topological polar surface area (TPSA) is 49.8 Å². The van der Waals surface area contributed by atoms with Gasteiger partial charge in [0.05, 0.1) is 6.10 Å². The van der Waals surface area contributed by atoms with Crippen molar-refractivity contribution in [2.45, 2.75) is 25.9 Å². The highest BCUT2D eigenvalue weighted by Gasteiger charge is 2.24. The summed E-state index contributed by atoms with van der Waals surface area (Å²) in [6, 6.07) is 7.76. The highest BCUT2D eigenvalue weighted by atomic mass is 16.5. The number of β-amino-alcohol motifs (C(OH)–C–C–N with tert-alkyl or cyclic N) is 1. The smallest absolute Gasteiger partial charge is 0.260 e. The maximum Gasteiger partial charge on any atom is 0.260 e. The monoisotopic (exact) mass is 249 g/mol. The molecule has 1 aliphatic heterocycles. The van der Waals surface area contributed by atoms with Crippen molar-refractivity contribution in [1.82, 2.24) is 4.90 Å². The minimum Gasteiger partial charge on any atom is -0.484 e. The van der Waals surface area contributed by atoms with Gasteiger partial charge >= 0.3 is 0 Å². The van der Waals surface area contributed by atoms with Crippen LogP contribution in [0.2, 0.25) is 0 Å². The molecule has 2 rings (SSSR count). The van der Waals surface area contributed by atoms with E-state index < -0.39 is 0 Å². The Morgan fingerprint density at radius 2 is 2.17 bits per heavy atom. The fourth-order valence-corrected chi connectivity index (χ4v) is 2.03. The van der Waals surface area contributed by atoms with Crippen molar-refractivity contribution in [1.29, 1.82) is 0 Å². The molecule has 1 fully saturated rings. The average molecular weight is 249 g/mol. The van der Waals surface area contributed by atoms with Gasteiger partial charge in [0.25, 0.3) is 5.91 Å². The van der Waals surface area contributed by atoms with Crippen LogP contribution in [0.1, 0.15) is 18.9 Å². The van der Waals surface area contributed by atoms with Crippen LogP contribution in [0.4, 0.5) is 0 Å². The number of aliphatic hydroxyl groups is 1. The first kappa shape index (κ1) is 12.9. The second kappa shape index (κ2) is 5.87. The molecule has 4 nitrogen and oxygen atoms in total. The molecule has 1 saturated heterocycles. The molecule has 0 unspecified atom stereocenters. The zero-order chi connectivity index (χ0) is 13.0. The number of hydrogen-bond acceptors (Lipinski definition) is 3. The Kier molecular flexibility index (Phi) is 4.20. The zero-order valence-electron chi connectivity index (χ0n) is 10.6. The molecule has 0 radical (unpaired) electrons. The molecule has 1 aromatic carbocycles. The number of hydrogen-bond donors (Lipinski definition) is 1. The number of amides is 1. The Morgan fingerprint density at radius 3 is 2.72 bits per heavy atom. The Balaban J connectivity index is 1.81.